The number of hydrogen-bond acceptors (Lipinski definition) is 8. The molecule has 6 amide bonds. The fourth-order valence-electron chi connectivity index (χ4n) is 7.23. The molecule has 5 heterocycles. The first kappa shape index (κ1) is 31.3. The molecule has 13 nitrogen and oxygen atoms in total. The van der Waals surface area contributed by atoms with Gasteiger partial charge in [0.25, 0.3) is 17.7 Å². The zero-order valence-electron chi connectivity index (χ0n) is 26.5. The standard InChI is InChI=1S/C35H37N7O6/c43-29-10-9-28(31(44)38-29)42-34(47)26-7-4-8-27(30(26)35(42)48)36-19-22-20-37-41(21-22)25-13-17-40(18-14-25)33(46)24-11-15-39(16-12-24)32(45)23-5-2-1-3-6-23/h1-8,20-21,24-25,28,36H,9-19H2,(H,38,43,44). The highest BCUT2D eigenvalue weighted by Crippen LogP contribution is 2.33. The molecular weight excluding hydrogens is 614 g/mol. The molecule has 48 heavy (non-hydrogen) atoms. The zero-order chi connectivity index (χ0) is 33.4. The van der Waals surface area contributed by atoms with Gasteiger partial charge in [-0.15, -0.1) is 0 Å². The van der Waals surface area contributed by atoms with Crippen LogP contribution in [-0.4, -0.2) is 92.1 Å². The Hall–Kier alpha value is -5.33. The number of hydrogen-bond donors (Lipinski definition) is 2. The van der Waals surface area contributed by atoms with E-state index in [-0.39, 0.29) is 47.7 Å². The van der Waals surface area contributed by atoms with Gasteiger partial charge in [-0.2, -0.15) is 5.10 Å². The summed E-state index contributed by atoms with van der Waals surface area (Å²) < 4.78 is 1.93. The predicted molar refractivity (Wildman–Crippen MR) is 173 cm³/mol. The maximum atomic E-state index is 13.4. The Morgan fingerprint density at radius 1 is 0.833 bits per heavy atom. The Labute approximate surface area is 277 Å². The van der Waals surface area contributed by atoms with Gasteiger partial charge < -0.3 is 15.1 Å². The van der Waals surface area contributed by atoms with Crippen molar-refractivity contribution in [2.75, 3.05) is 31.5 Å². The average molecular weight is 652 g/mol. The number of piperidine rings is 3. The molecule has 3 saturated heterocycles. The van der Waals surface area contributed by atoms with Crippen molar-refractivity contribution in [1.82, 2.24) is 29.8 Å². The Bertz CT molecular complexity index is 1770. The minimum absolute atomic E-state index is 0.0174. The van der Waals surface area contributed by atoms with E-state index in [0.29, 0.717) is 56.8 Å². The van der Waals surface area contributed by atoms with Gasteiger partial charge in [0.05, 0.1) is 23.4 Å². The van der Waals surface area contributed by atoms with E-state index < -0.39 is 29.7 Å². The van der Waals surface area contributed by atoms with Crippen molar-refractivity contribution in [3.8, 4) is 0 Å². The van der Waals surface area contributed by atoms with Crippen molar-refractivity contribution in [3.63, 3.8) is 0 Å². The van der Waals surface area contributed by atoms with Gasteiger partial charge in [-0.05, 0) is 56.4 Å². The number of amides is 6. The second-order valence-corrected chi connectivity index (χ2v) is 12.8. The fraction of sp³-hybridized carbons (Fsp3) is 0.400. The number of aromatic nitrogens is 2. The molecule has 248 valence electrons. The highest BCUT2D eigenvalue weighted by molar-refractivity contribution is 6.25. The van der Waals surface area contributed by atoms with E-state index in [9.17, 15) is 28.8 Å². The molecule has 4 aliphatic rings. The normalized spacial score (nSPS) is 20.6. The molecule has 2 aromatic carbocycles. The van der Waals surface area contributed by atoms with E-state index in [1.807, 2.05) is 51.0 Å². The molecule has 0 saturated carbocycles. The molecule has 2 N–H and O–H groups in total. The van der Waals surface area contributed by atoms with Crippen molar-refractivity contribution in [2.24, 2.45) is 5.92 Å². The predicted octanol–water partition coefficient (Wildman–Crippen LogP) is 2.61. The van der Waals surface area contributed by atoms with E-state index in [1.54, 1.807) is 24.4 Å². The molecule has 7 rings (SSSR count). The van der Waals surface area contributed by atoms with Gasteiger partial charge in [0, 0.05) is 68.1 Å². The zero-order valence-corrected chi connectivity index (χ0v) is 26.5. The van der Waals surface area contributed by atoms with Crippen LogP contribution in [0.4, 0.5) is 5.69 Å². The largest absolute Gasteiger partial charge is 0.380 e. The van der Waals surface area contributed by atoms with Crippen LogP contribution in [0.15, 0.2) is 60.9 Å². The van der Waals surface area contributed by atoms with Crippen LogP contribution in [-0.2, 0) is 20.9 Å². The third-order valence-electron chi connectivity index (χ3n) is 9.91. The Kier molecular flexibility index (Phi) is 8.50. The van der Waals surface area contributed by atoms with Crippen LogP contribution in [0.5, 0.6) is 0 Å². The van der Waals surface area contributed by atoms with E-state index >= 15 is 0 Å². The van der Waals surface area contributed by atoms with E-state index in [0.717, 1.165) is 23.3 Å². The molecule has 0 aliphatic carbocycles. The summed E-state index contributed by atoms with van der Waals surface area (Å²) >= 11 is 0. The highest BCUT2D eigenvalue weighted by Gasteiger charge is 2.45. The summed E-state index contributed by atoms with van der Waals surface area (Å²) in [6.45, 7) is 2.82. The second kappa shape index (κ2) is 13.1. The average Bonchev–Trinajstić information content (AvgIpc) is 3.70. The van der Waals surface area contributed by atoms with Gasteiger partial charge in [-0.25, -0.2) is 0 Å². The van der Waals surface area contributed by atoms with Crippen LogP contribution in [0.25, 0.3) is 0 Å². The summed E-state index contributed by atoms with van der Waals surface area (Å²) in [5, 5.41) is 10.1. The van der Waals surface area contributed by atoms with Gasteiger partial charge >= 0.3 is 0 Å². The monoisotopic (exact) mass is 651 g/mol. The first-order chi connectivity index (χ1) is 23.3. The topological polar surface area (TPSA) is 154 Å². The number of likely N-dealkylation sites (tertiary alicyclic amines) is 2. The molecule has 0 radical (unpaired) electrons. The Morgan fingerprint density at radius 2 is 1.56 bits per heavy atom. The number of fused-ring (bicyclic) bond motifs is 1. The number of anilines is 1. The molecule has 3 fully saturated rings. The maximum Gasteiger partial charge on any atom is 0.264 e. The first-order valence-electron chi connectivity index (χ1n) is 16.5. The van der Waals surface area contributed by atoms with E-state index in [1.165, 1.54) is 0 Å². The molecule has 1 unspecified atom stereocenters. The lowest BCUT2D eigenvalue weighted by Crippen LogP contribution is -2.54. The molecule has 4 aliphatic heterocycles. The third-order valence-corrected chi connectivity index (χ3v) is 9.91. The van der Waals surface area contributed by atoms with Crippen LogP contribution < -0.4 is 10.6 Å². The lowest BCUT2D eigenvalue weighted by Gasteiger charge is -2.37. The van der Waals surface area contributed by atoms with Gasteiger partial charge in [0.2, 0.25) is 17.7 Å². The maximum absolute atomic E-state index is 13.4. The van der Waals surface area contributed by atoms with Gasteiger partial charge in [0.15, 0.2) is 0 Å². The number of carbonyl (C=O) groups is 6. The summed E-state index contributed by atoms with van der Waals surface area (Å²) in [5.41, 5.74) is 2.48. The number of benzene rings is 2. The van der Waals surface area contributed by atoms with Gasteiger partial charge in [-0.3, -0.25) is 43.7 Å². The third kappa shape index (κ3) is 5.96. The lowest BCUT2D eigenvalue weighted by atomic mass is 9.93. The molecular formula is C35H37N7O6. The number of carbonyl (C=O) groups excluding carboxylic acids is 6. The van der Waals surface area contributed by atoms with Crippen molar-refractivity contribution >= 4 is 41.1 Å². The van der Waals surface area contributed by atoms with Crippen molar-refractivity contribution < 1.29 is 28.8 Å². The van der Waals surface area contributed by atoms with Gasteiger partial charge in [-0.1, -0.05) is 24.3 Å². The minimum Gasteiger partial charge on any atom is -0.380 e. The summed E-state index contributed by atoms with van der Waals surface area (Å²) in [4.78, 5) is 81.4. The minimum atomic E-state index is -1.02. The number of nitrogens with one attached hydrogen (secondary N) is 2. The Morgan fingerprint density at radius 3 is 2.29 bits per heavy atom. The number of nitrogens with zero attached hydrogens (tertiary/aromatic N) is 5. The number of imide groups is 2. The molecule has 0 bridgehead atoms. The van der Waals surface area contributed by atoms with Crippen LogP contribution in [0, 0.1) is 5.92 Å². The van der Waals surface area contributed by atoms with Crippen LogP contribution in [0.2, 0.25) is 0 Å². The van der Waals surface area contributed by atoms with Crippen molar-refractivity contribution in [1.29, 1.82) is 0 Å². The van der Waals surface area contributed by atoms with E-state index in [4.69, 9.17) is 0 Å². The summed E-state index contributed by atoms with van der Waals surface area (Å²) in [6.07, 6.45) is 6.79. The first-order valence-corrected chi connectivity index (χ1v) is 16.5. The molecule has 1 aromatic heterocycles. The lowest BCUT2D eigenvalue weighted by molar-refractivity contribution is -0.138. The highest BCUT2D eigenvalue weighted by atomic mass is 16.2. The summed E-state index contributed by atoms with van der Waals surface area (Å²) in [7, 11) is 0. The van der Waals surface area contributed by atoms with Crippen molar-refractivity contribution in [3.05, 3.63) is 83.2 Å². The van der Waals surface area contributed by atoms with Crippen LogP contribution in [0.1, 0.15) is 81.2 Å². The van der Waals surface area contributed by atoms with E-state index in [2.05, 4.69) is 15.7 Å². The van der Waals surface area contributed by atoms with Crippen LogP contribution in [0.3, 0.4) is 0 Å². The fourth-order valence-corrected chi connectivity index (χ4v) is 7.23. The van der Waals surface area contributed by atoms with Crippen LogP contribution >= 0.6 is 0 Å². The molecule has 0 spiro atoms. The quantitative estimate of drug-likeness (QED) is 0.370. The molecule has 1 atom stereocenters. The summed E-state index contributed by atoms with van der Waals surface area (Å²) in [6, 6.07) is 13.4. The Balaban J connectivity index is 0.909. The smallest absolute Gasteiger partial charge is 0.264 e. The SMILES string of the molecule is O=C1CCC(N2C(=O)c3cccc(NCc4cnn(C5CCN(C(=O)C6CCN(C(=O)c7ccccc7)CC6)CC5)c4)c3C2=O)C(=O)N1. The number of rotatable bonds is 7. The molecule has 3 aromatic rings. The van der Waals surface area contributed by atoms with Crippen molar-refractivity contribution in [2.45, 2.75) is 57.2 Å². The van der Waals surface area contributed by atoms with Gasteiger partial charge in [0.1, 0.15) is 6.04 Å². The summed E-state index contributed by atoms with van der Waals surface area (Å²) in [5.74, 6) is -2.04. The second-order valence-electron chi connectivity index (χ2n) is 12.8. The molecule has 13 heteroatoms.